The van der Waals surface area contributed by atoms with Gasteiger partial charge in [0, 0.05) is 0 Å². The lowest BCUT2D eigenvalue weighted by atomic mass is 10.1. The summed E-state index contributed by atoms with van der Waals surface area (Å²) in [7, 11) is 0. The molecule has 0 unspecified atom stereocenters. The third kappa shape index (κ3) is 2.11. The van der Waals surface area contributed by atoms with E-state index in [0.717, 1.165) is 5.56 Å². The third-order valence-corrected chi connectivity index (χ3v) is 1.55. The molecule has 1 rings (SSSR count). The topological polar surface area (TPSA) is 75.7 Å². The Labute approximate surface area is 70.2 Å². The quantitative estimate of drug-likeness (QED) is 0.455. The van der Waals surface area contributed by atoms with E-state index in [1.807, 2.05) is 0 Å². The van der Waals surface area contributed by atoms with Gasteiger partial charge in [0.15, 0.2) is 11.5 Å². The number of aromatic hydroxyl groups is 2. The summed E-state index contributed by atoms with van der Waals surface area (Å²) < 4.78 is 0. The number of nitrogens with two attached hydrogens (primary N) is 1. The van der Waals surface area contributed by atoms with Crippen molar-refractivity contribution in [2.45, 2.75) is 6.42 Å². The second-order valence-electron chi connectivity index (χ2n) is 2.44. The fourth-order valence-electron chi connectivity index (χ4n) is 0.901. The molecule has 4 heteroatoms. The van der Waals surface area contributed by atoms with Gasteiger partial charge in [0.1, 0.15) is 0 Å². The fourth-order valence-corrected chi connectivity index (χ4v) is 0.901. The smallest absolute Gasteiger partial charge is 0.157 e. The van der Waals surface area contributed by atoms with Crippen LogP contribution in [0.5, 0.6) is 11.5 Å². The normalized spacial score (nSPS) is 10.1. The summed E-state index contributed by atoms with van der Waals surface area (Å²) in [6.45, 7) is 0.393. The average Bonchev–Trinajstić information content (AvgIpc) is 2.07. The first-order valence-corrected chi connectivity index (χ1v) is 3.56. The van der Waals surface area contributed by atoms with Crippen molar-refractivity contribution < 1.29 is 15.1 Å². The van der Waals surface area contributed by atoms with Crippen LogP contribution < -0.4 is 5.90 Å². The van der Waals surface area contributed by atoms with E-state index >= 15 is 0 Å². The molecule has 0 heterocycles. The van der Waals surface area contributed by atoms with Gasteiger partial charge < -0.3 is 15.1 Å². The van der Waals surface area contributed by atoms with Crippen molar-refractivity contribution in [3.05, 3.63) is 23.8 Å². The number of hydrogen-bond acceptors (Lipinski definition) is 4. The summed E-state index contributed by atoms with van der Waals surface area (Å²) in [5, 5.41) is 18.0. The van der Waals surface area contributed by atoms with Gasteiger partial charge in [-0.05, 0) is 24.1 Å². The average molecular weight is 169 g/mol. The van der Waals surface area contributed by atoms with Crippen molar-refractivity contribution in [1.82, 2.24) is 0 Å². The zero-order chi connectivity index (χ0) is 8.97. The molecule has 0 atom stereocenters. The van der Waals surface area contributed by atoms with Crippen molar-refractivity contribution in [3.63, 3.8) is 0 Å². The van der Waals surface area contributed by atoms with E-state index in [4.69, 9.17) is 16.1 Å². The monoisotopic (exact) mass is 169 g/mol. The molecule has 0 aliphatic rings. The molecule has 0 radical (unpaired) electrons. The summed E-state index contributed by atoms with van der Waals surface area (Å²) in [5.74, 6) is 4.59. The molecule has 1 aromatic rings. The zero-order valence-corrected chi connectivity index (χ0v) is 6.53. The first kappa shape index (κ1) is 8.83. The van der Waals surface area contributed by atoms with E-state index in [1.165, 1.54) is 12.1 Å². The van der Waals surface area contributed by atoms with E-state index in [2.05, 4.69) is 4.84 Å². The fraction of sp³-hybridized carbons (Fsp3) is 0.250. The number of phenolic OH excluding ortho intramolecular Hbond substituents is 2. The molecule has 66 valence electrons. The minimum absolute atomic E-state index is 0.118. The maximum atomic E-state index is 9.08. The van der Waals surface area contributed by atoms with E-state index in [1.54, 1.807) is 6.07 Å². The molecule has 0 aromatic heterocycles. The predicted molar refractivity (Wildman–Crippen MR) is 43.6 cm³/mol. The highest BCUT2D eigenvalue weighted by molar-refractivity contribution is 5.40. The van der Waals surface area contributed by atoms with Gasteiger partial charge in [0.25, 0.3) is 0 Å². The molecule has 0 spiro atoms. The van der Waals surface area contributed by atoms with Crippen LogP contribution in [0.3, 0.4) is 0 Å². The Hall–Kier alpha value is -1.26. The third-order valence-electron chi connectivity index (χ3n) is 1.55. The molecule has 0 fully saturated rings. The molecule has 1 aromatic carbocycles. The Balaban J connectivity index is 2.69. The van der Waals surface area contributed by atoms with E-state index in [0.29, 0.717) is 13.0 Å². The van der Waals surface area contributed by atoms with Crippen molar-refractivity contribution in [1.29, 1.82) is 0 Å². The highest BCUT2D eigenvalue weighted by atomic mass is 16.6. The summed E-state index contributed by atoms with van der Waals surface area (Å²) >= 11 is 0. The maximum Gasteiger partial charge on any atom is 0.157 e. The molecule has 4 nitrogen and oxygen atoms in total. The number of hydrogen-bond donors (Lipinski definition) is 3. The Morgan fingerprint density at radius 3 is 2.58 bits per heavy atom. The van der Waals surface area contributed by atoms with Gasteiger partial charge in [0.2, 0.25) is 0 Å². The molecule has 0 amide bonds. The Morgan fingerprint density at radius 2 is 2.00 bits per heavy atom. The van der Waals surface area contributed by atoms with Crippen molar-refractivity contribution in [2.24, 2.45) is 5.90 Å². The van der Waals surface area contributed by atoms with Crippen molar-refractivity contribution in [2.75, 3.05) is 6.61 Å². The van der Waals surface area contributed by atoms with Gasteiger partial charge in [-0.3, -0.25) is 0 Å². The molecule has 0 saturated heterocycles. The number of benzene rings is 1. The Morgan fingerprint density at radius 1 is 1.25 bits per heavy atom. The van der Waals surface area contributed by atoms with Crippen LogP contribution in [-0.2, 0) is 11.3 Å². The second kappa shape index (κ2) is 3.94. The van der Waals surface area contributed by atoms with Gasteiger partial charge >= 0.3 is 0 Å². The molecular formula is C8H11NO3. The van der Waals surface area contributed by atoms with E-state index < -0.39 is 0 Å². The lowest BCUT2D eigenvalue weighted by Gasteiger charge is -2.01. The molecule has 12 heavy (non-hydrogen) atoms. The van der Waals surface area contributed by atoms with Crippen LogP contribution >= 0.6 is 0 Å². The minimum Gasteiger partial charge on any atom is -0.504 e. The van der Waals surface area contributed by atoms with Gasteiger partial charge in [-0.25, -0.2) is 5.90 Å². The summed E-state index contributed by atoms with van der Waals surface area (Å²) in [6.07, 6.45) is 0.615. The van der Waals surface area contributed by atoms with Crippen LogP contribution in [-0.4, -0.2) is 16.8 Å². The molecule has 0 bridgehead atoms. The molecule has 0 aliphatic heterocycles. The van der Waals surface area contributed by atoms with E-state index in [9.17, 15) is 0 Å². The standard InChI is InChI=1S/C8H11NO3/c9-12-4-3-6-1-2-7(10)8(11)5-6/h1-2,5,10-11H,3-4,9H2. The molecule has 0 saturated carbocycles. The van der Waals surface area contributed by atoms with Crippen LogP contribution in [0.1, 0.15) is 5.56 Å². The van der Waals surface area contributed by atoms with Crippen LogP contribution in [0, 0.1) is 0 Å². The molecule has 0 aliphatic carbocycles. The van der Waals surface area contributed by atoms with Gasteiger partial charge in [0.05, 0.1) is 6.61 Å². The van der Waals surface area contributed by atoms with Crippen LogP contribution in [0.4, 0.5) is 0 Å². The second-order valence-corrected chi connectivity index (χ2v) is 2.44. The highest BCUT2D eigenvalue weighted by Crippen LogP contribution is 2.24. The SMILES string of the molecule is NOCCc1ccc(O)c(O)c1. The van der Waals surface area contributed by atoms with Gasteiger partial charge in [-0.2, -0.15) is 0 Å². The largest absolute Gasteiger partial charge is 0.504 e. The first-order chi connectivity index (χ1) is 5.74. The van der Waals surface area contributed by atoms with Crippen LogP contribution in [0.15, 0.2) is 18.2 Å². The zero-order valence-electron chi connectivity index (χ0n) is 6.53. The summed E-state index contributed by atoms with van der Waals surface area (Å²) in [6, 6.07) is 4.61. The number of rotatable bonds is 3. The van der Waals surface area contributed by atoms with Crippen molar-refractivity contribution in [3.8, 4) is 11.5 Å². The van der Waals surface area contributed by atoms with E-state index in [-0.39, 0.29) is 11.5 Å². The highest BCUT2D eigenvalue weighted by Gasteiger charge is 1.99. The lowest BCUT2D eigenvalue weighted by molar-refractivity contribution is 0.141. The van der Waals surface area contributed by atoms with Crippen LogP contribution in [0.25, 0.3) is 0 Å². The first-order valence-electron chi connectivity index (χ1n) is 3.56. The van der Waals surface area contributed by atoms with Gasteiger partial charge in [-0.1, -0.05) is 6.07 Å². The number of phenols is 2. The summed E-state index contributed by atoms with van der Waals surface area (Å²) in [5.41, 5.74) is 0.871. The minimum atomic E-state index is -0.121. The predicted octanol–water partition coefficient (Wildman–Crippen LogP) is 0.531. The Kier molecular flexibility index (Phi) is 2.90. The van der Waals surface area contributed by atoms with Crippen LogP contribution in [0.2, 0.25) is 0 Å². The molecule has 4 N–H and O–H groups in total. The maximum absolute atomic E-state index is 9.08. The van der Waals surface area contributed by atoms with Gasteiger partial charge in [-0.15, -0.1) is 0 Å². The van der Waals surface area contributed by atoms with Crippen molar-refractivity contribution >= 4 is 0 Å². The summed E-state index contributed by atoms with van der Waals surface area (Å²) in [4.78, 5) is 4.37. The lowest BCUT2D eigenvalue weighted by Crippen LogP contribution is -2.03. The molecular weight excluding hydrogens is 158 g/mol. The Bertz CT molecular complexity index is 262.